The molecule has 0 bridgehead atoms. The van der Waals surface area contributed by atoms with Crippen LogP contribution in [0.3, 0.4) is 0 Å². The fraction of sp³-hybridized carbons (Fsp3) is 0.533. The zero-order valence-electron chi connectivity index (χ0n) is 12.2. The molecule has 0 amide bonds. The van der Waals surface area contributed by atoms with Gasteiger partial charge in [-0.25, -0.2) is 0 Å². The van der Waals surface area contributed by atoms with Crippen LogP contribution in [-0.2, 0) is 0 Å². The lowest BCUT2D eigenvalue weighted by Gasteiger charge is -2.30. The highest BCUT2D eigenvalue weighted by atomic mass is 35.5. The molecule has 1 rings (SSSR count). The van der Waals surface area contributed by atoms with E-state index in [9.17, 15) is 0 Å². The number of nitrogens with two attached hydrogens (primary N) is 1. The summed E-state index contributed by atoms with van der Waals surface area (Å²) in [5, 5.41) is 8.38. The van der Waals surface area contributed by atoms with Crippen LogP contribution < -0.4 is 5.73 Å². The standard InChI is InChI=1S/C15H24ClN3/c1-11(12-7-5-6-8-13(12)16)19(4)10-9-15(2,3)14(17)18/h5-8,11H,9-10H2,1-4H3,(H3,17,18). The van der Waals surface area contributed by atoms with E-state index in [1.54, 1.807) is 0 Å². The van der Waals surface area contributed by atoms with E-state index < -0.39 is 0 Å². The molecule has 0 spiro atoms. The van der Waals surface area contributed by atoms with Crippen molar-refractivity contribution >= 4 is 17.4 Å². The first kappa shape index (κ1) is 16.0. The average molecular weight is 282 g/mol. The van der Waals surface area contributed by atoms with Crippen molar-refractivity contribution in [2.24, 2.45) is 11.1 Å². The molecule has 0 saturated carbocycles. The summed E-state index contributed by atoms with van der Waals surface area (Å²) in [6, 6.07) is 8.17. The molecule has 106 valence electrons. The third-order valence-corrected chi connectivity index (χ3v) is 4.18. The van der Waals surface area contributed by atoms with Crippen LogP contribution in [0.15, 0.2) is 24.3 Å². The molecule has 0 aliphatic rings. The maximum atomic E-state index is 7.59. The average Bonchev–Trinajstić information content (AvgIpc) is 2.35. The zero-order chi connectivity index (χ0) is 14.6. The number of amidine groups is 1. The Labute approximate surface area is 121 Å². The van der Waals surface area contributed by atoms with Gasteiger partial charge in [0.15, 0.2) is 0 Å². The molecule has 19 heavy (non-hydrogen) atoms. The van der Waals surface area contributed by atoms with Gasteiger partial charge in [-0.2, -0.15) is 0 Å². The van der Waals surface area contributed by atoms with Crippen molar-refractivity contribution < 1.29 is 0 Å². The second kappa shape index (κ2) is 6.40. The smallest absolute Gasteiger partial charge is 0.0963 e. The van der Waals surface area contributed by atoms with Gasteiger partial charge in [0, 0.05) is 16.5 Å². The predicted molar refractivity (Wildman–Crippen MR) is 82.8 cm³/mol. The van der Waals surface area contributed by atoms with Crippen LogP contribution in [0, 0.1) is 10.8 Å². The van der Waals surface area contributed by atoms with Gasteiger partial charge in [0.25, 0.3) is 0 Å². The van der Waals surface area contributed by atoms with Crippen LogP contribution in [-0.4, -0.2) is 24.3 Å². The van der Waals surface area contributed by atoms with E-state index in [2.05, 4.69) is 24.9 Å². The largest absolute Gasteiger partial charge is 0.387 e. The van der Waals surface area contributed by atoms with Crippen molar-refractivity contribution in [3.8, 4) is 0 Å². The summed E-state index contributed by atoms with van der Waals surface area (Å²) in [5.74, 6) is 0.242. The second-order valence-electron chi connectivity index (χ2n) is 5.73. The molecule has 0 saturated heterocycles. The highest BCUT2D eigenvalue weighted by molar-refractivity contribution is 6.31. The van der Waals surface area contributed by atoms with Gasteiger partial charge in [0.2, 0.25) is 0 Å². The molecule has 4 heteroatoms. The van der Waals surface area contributed by atoms with Gasteiger partial charge in [-0.3, -0.25) is 10.3 Å². The van der Waals surface area contributed by atoms with Gasteiger partial charge in [-0.15, -0.1) is 0 Å². The predicted octanol–water partition coefficient (Wildman–Crippen LogP) is 3.69. The summed E-state index contributed by atoms with van der Waals surface area (Å²) in [6.45, 7) is 7.02. The zero-order valence-corrected chi connectivity index (χ0v) is 13.0. The van der Waals surface area contributed by atoms with Gasteiger partial charge in [-0.1, -0.05) is 43.6 Å². The van der Waals surface area contributed by atoms with Gasteiger partial charge >= 0.3 is 0 Å². The summed E-state index contributed by atoms with van der Waals surface area (Å²) >= 11 is 6.22. The Kier molecular flexibility index (Phi) is 5.39. The summed E-state index contributed by atoms with van der Waals surface area (Å²) in [7, 11) is 2.07. The highest BCUT2D eigenvalue weighted by Crippen LogP contribution is 2.28. The maximum absolute atomic E-state index is 7.59. The molecule has 1 unspecified atom stereocenters. The van der Waals surface area contributed by atoms with Crippen molar-refractivity contribution in [3.63, 3.8) is 0 Å². The third-order valence-electron chi connectivity index (χ3n) is 3.84. The van der Waals surface area contributed by atoms with E-state index >= 15 is 0 Å². The Morgan fingerprint density at radius 2 is 2.00 bits per heavy atom. The lowest BCUT2D eigenvalue weighted by atomic mass is 9.87. The molecule has 3 nitrogen and oxygen atoms in total. The lowest BCUT2D eigenvalue weighted by molar-refractivity contribution is 0.234. The molecule has 0 aromatic heterocycles. The van der Waals surface area contributed by atoms with E-state index in [-0.39, 0.29) is 17.3 Å². The maximum Gasteiger partial charge on any atom is 0.0963 e. The summed E-state index contributed by atoms with van der Waals surface area (Å²) in [4.78, 5) is 2.24. The minimum Gasteiger partial charge on any atom is -0.387 e. The molecule has 0 heterocycles. The number of hydrogen-bond acceptors (Lipinski definition) is 2. The van der Waals surface area contributed by atoms with Crippen molar-refractivity contribution in [2.45, 2.75) is 33.2 Å². The van der Waals surface area contributed by atoms with Crippen molar-refractivity contribution in [2.75, 3.05) is 13.6 Å². The molecule has 0 aliphatic heterocycles. The lowest BCUT2D eigenvalue weighted by Crippen LogP contribution is -2.35. The first-order valence-electron chi connectivity index (χ1n) is 6.55. The molecular formula is C15H24ClN3. The number of nitrogens with one attached hydrogen (secondary N) is 1. The van der Waals surface area contributed by atoms with E-state index in [4.69, 9.17) is 22.7 Å². The topological polar surface area (TPSA) is 53.1 Å². The van der Waals surface area contributed by atoms with Gasteiger partial charge in [-0.05, 0) is 38.6 Å². The summed E-state index contributed by atoms with van der Waals surface area (Å²) in [6.07, 6.45) is 0.855. The number of nitrogens with zero attached hydrogens (tertiary/aromatic N) is 1. The summed E-state index contributed by atoms with van der Waals surface area (Å²) in [5.41, 5.74) is 6.49. The van der Waals surface area contributed by atoms with E-state index in [1.807, 2.05) is 32.0 Å². The Morgan fingerprint density at radius 3 is 2.53 bits per heavy atom. The van der Waals surface area contributed by atoms with E-state index in [0.29, 0.717) is 0 Å². The van der Waals surface area contributed by atoms with Crippen LogP contribution in [0.25, 0.3) is 0 Å². The SMILES string of the molecule is CC(c1ccccc1Cl)N(C)CCC(C)(C)C(=N)N. The molecule has 3 N–H and O–H groups in total. The van der Waals surface area contributed by atoms with Crippen LogP contribution >= 0.6 is 11.6 Å². The monoisotopic (exact) mass is 281 g/mol. The van der Waals surface area contributed by atoms with Crippen LogP contribution in [0.4, 0.5) is 0 Å². The Balaban J connectivity index is 2.66. The van der Waals surface area contributed by atoms with Gasteiger partial charge in [0.05, 0.1) is 5.84 Å². The molecule has 0 fully saturated rings. The molecule has 1 aromatic carbocycles. The normalized spacial score (nSPS) is 13.6. The molecule has 1 aromatic rings. The van der Waals surface area contributed by atoms with E-state index in [1.165, 1.54) is 0 Å². The van der Waals surface area contributed by atoms with Crippen molar-refractivity contribution in [1.82, 2.24) is 4.90 Å². The number of rotatable bonds is 6. The Bertz CT molecular complexity index is 443. The fourth-order valence-electron chi connectivity index (χ4n) is 1.84. The highest BCUT2D eigenvalue weighted by Gasteiger charge is 2.23. The van der Waals surface area contributed by atoms with Gasteiger partial charge in [0.1, 0.15) is 0 Å². The number of halogens is 1. The second-order valence-corrected chi connectivity index (χ2v) is 6.13. The molecule has 0 radical (unpaired) electrons. The summed E-state index contributed by atoms with van der Waals surface area (Å²) < 4.78 is 0. The first-order valence-corrected chi connectivity index (χ1v) is 6.92. The van der Waals surface area contributed by atoms with Crippen LogP contribution in [0.1, 0.15) is 38.8 Å². The minimum absolute atomic E-state index is 0.242. The van der Waals surface area contributed by atoms with Crippen molar-refractivity contribution in [3.05, 3.63) is 34.9 Å². The minimum atomic E-state index is -0.255. The Morgan fingerprint density at radius 1 is 1.42 bits per heavy atom. The third kappa shape index (κ3) is 4.22. The first-order chi connectivity index (χ1) is 8.75. The van der Waals surface area contributed by atoms with Crippen LogP contribution in [0.5, 0.6) is 0 Å². The molecule has 0 aliphatic carbocycles. The van der Waals surface area contributed by atoms with Gasteiger partial charge < -0.3 is 5.73 Å². The van der Waals surface area contributed by atoms with Crippen molar-refractivity contribution in [1.29, 1.82) is 5.41 Å². The fourth-order valence-corrected chi connectivity index (χ4v) is 2.13. The van der Waals surface area contributed by atoms with E-state index in [0.717, 1.165) is 23.6 Å². The quantitative estimate of drug-likeness (QED) is 0.617. The Hall–Kier alpha value is -1.06. The number of hydrogen-bond donors (Lipinski definition) is 2. The molecular weight excluding hydrogens is 258 g/mol. The van der Waals surface area contributed by atoms with Crippen LogP contribution in [0.2, 0.25) is 5.02 Å². The number of benzene rings is 1. The molecule has 1 atom stereocenters.